The molecule has 1 aromatic rings. The third-order valence-corrected chi connectivity index (χ3v) is 1.22. The number of halogens is 4. The molecule has 0 unspecified atom stereocenters. The minimum Gasteiger partial charge on any atom is -0.418 e. The van der Waals surface area contributed by atoms with Crippen LogP contribution >= 0.6 is 0 Å². The summed E-state index contributed by atoms with van der Waals surface area (Å²) in [5, 5.41) is 0. The lowest BCUT2D eigenvalue weighted by Gasteiger charge is -1.94. The number of benzene rings is 1. The molecule has 0 amide bonds. The molecule has 0 aliphatic carbocycles. The molecule has 0 fully saturated rings. The van der Waals surface area contributed by atoms with Gasteiger partial charge < -0.3 is 23.4 Å². The molecule has 1 radical (unpaired) electrons. The zero-order chi connectivity index (χ0) is 11.2. The quantitative estimate of drug-likeness (QED) is 0.546. The Kier molecular flexibility index (Phi) is 7.60. The highest BCUT2D eigenvalue weighted by Gasteiger charge is 2.20. The molecule has 1 nitrogen and oxygen atoms in total. The van der Waals surface area contributed by atoms with E-state index in [2.05, 4.69) is 13.5 Å². The fourth-order valence-electron chi connectivity index (χ4n) is 0.654. The highest BCUT2D eigenvalue weighted by molar-refractivity contribution is 6.50. The van der Waals surface area contributed by atoms with E-state index in [1.807, 2.05) is 30.3 Å². The largest absolute Gasteiger partial charge is 0.673 e. The Morgan fingerprint density at radius 2 is 1.33 bits per heavy atom. The molecule has 0 atom stereocenters. The second-order valence-corrected chi connectivity index (χ2v) is 2.44. The Morgan fingerprint density at radius 3 is 1.60 bits per heavy atom. The first kappa shape index (κ1) is 16.1. The molecule has 0 aliphatic rings. The van der Waals surface area contributed by atoms with Gasteiger partial charge >= 0.3 is 7.25 Å². The summed E-state index contributed by atoms with van der Waals surface area (Å²) in [5.74, 6) is 0. The summed E-state index contributed by atoms with van der Waals surface area (Å²) in [5.41, 5.74) is 2.18. The van der Waals surface area contributed by atoms with Gasteiger partial charge in [0.2, 0.25) is 0 Å². The number of hydrogen-bond donors (Lipinski definition) is 1. The highest BCUT2D eigenvalue weighted by Crippen LogP contribution is 2.06. The monoisotopic (exact) mass is 222 g/mol. The zero-order valence-corrected chi connectivity index (χ0v) is 8.39. The minimum atomic E-state index is -6.00. The van der Waals surface area contributed by atoms with Crippen LogP contribution in [-0.2, 0) is 0 Å². The molecule has 1 rings (SSSR count). The predicted octanol–water partition coefficient (Wildman–Crippen LogP) is 4.19. The van der Waals surface area contributed by atoms with Gasteiger partial charge in [-0.05, 0) is 18.1 Å². The van der Waals surface area contributed by atoms with E-state index in [-0.39, 0.29) is 6.15 Å². The molecular weight excluding hydrogens is 209 g/mol. The van der Waals surface area contributed by atoms with Gasteiger partial charge in [-0.2, -0.15) is 0 Å². The maximum Gasteiger partial charge on any atom is 0.673 e. The lowest BCUT2D eigenvalue weighted by molar-refractivity contribution is 0.368. The smallest absolute Gasteiger partial charge is 0.418 e. The molecule has 0 heterocycles. The Bertz CT molecular complexity index is 275. The van der Waals surface area contributed by atoms with Crippen molar-refractivity contribution < 1.29 is 17.3 Å². The maximum absolute atomic E-state index is 9.75. The van der Waals surface area contributed by atoms with E-state index in [4.69, 9.17) is 0 Å². The van der Waals surface area contributed by atoms with Crippen LogP contribution in [0.1, 0.15) is 11.1 Å². The summed E-state index contributed by atoms with van der Waals surface area (Å²) >= 11 is 0. The zero-order valence-electron chi connectivity index (χ0n) is 8.39. The van der Waals surface area contributed by atoms with Gasteiger partial charge in [-0.25, -0.2) is 0 Å². The second kappa shape index (κ2) is 7.06. The summed E-state index contributed by atoms with van der Waals surface area (Å²) < 4.78 is 39.0. The van der Waals surface area contributed by atoms with E-state index in [1.54, 1.807) is 0 Å². The third-order valence-electron chi connectivity index (χ3n) is 1.22. The second-order valence-electron chi connectivity index (χ2n) is 2.44. The fourth-order valence-corrected chi connectivity index (χ4v) is 0.654. The van der Waals surface area contributed by atoms with Gasteiger partial charge in [-0.15, -0.1) is 0 Å². The predicted molar refractivity (Wildman–Crippen MR) is 57.2 cm³/mol. The van der Waals surface area contributed by atoms with Gasteiger partial charge in [0.25, 0.3) is 0 Å². The Morgan fingerprint density at radius 1 is 1.00 bits per heavy atom. The van der Waals surface area contributed by atoms with Gasteiger partial charge in [0.1, 0.15) is 0 Å². The number of quaternary nitrogens is 1. The molecule has 6 heteroatoms. The van der Waals surface area contributed by atoms with Crippen molar-refractivity contribution in [2.75, 3.05) is 0 Å². The summed E-state index contributed by atoms with van der Waals surface area (Å²) in [7, 11) is -6.00. The molecule has 0 saturated heterocycles. The lowest BCUT2D eigenvalue weighted by Crippen LogP contribution is -2.02. The van der Waals surface area contributed by atoms with Crippen molar-refractivity contribution in [3.8, 4) is 0 Å². The van der Waals surface area contributed by atoms with E-state index in [0.717, 1.165) is 11.1 Å². The molecule has 0 aromatic heterocycles. The molecule has 0 saturated carbocycles. The molecule has 15 heavy (non-hydrogen) atoms. The average molecular weight is 222 g/mol. The molecular formula is C9H13BF4N. The van der Waals surface area contributed by atoms with Gasteiger partial charge in [0.15, 0.2) is 0 Å². The third kappa shape index (κ3) is 12.7. The van der Waals surface area contributed by atoms with E-state index < -0.39 is 7.25 Å². The van der Waals surface area contributed by atoms with Gasteiger partial charge in [0.05, 0.1) is 0 Å². The average Bonchev–Trinajstić information content (AvgIpc) is 2.03. The molecule has 4 N–H and O–H groups in total. The fraction of sp³-hybridized carbons (Fsp3) is 0. The molecule has 0 bridgehead atoms. The van der Waals surface area contributed by atoms with Gasteiger partial charge in [-0.1, -0.05) is 36.9 Å². The van der Waals surface area contributed by atoms with E-state index in [0.29, 0.717) is 0 Å². The van der Waals surface area contributed by atoms with Crippen LogP contribution in [0.25, 0.3) is 6.08 Å². The Balaban J connectivity index is 0. The van der Waals surface area contributed by atoms with Gasteiger partial charge in [0, 0.05) is 0 Å². The van der Waals surface area contributed by atoms with Crippen molar-refractivity contribution in [1.82, 2.24) is 6.15 Å². The highest BCUT2D eigenvalue weighted by atomic mass is 19.5. The topological polar surface area (TPSA) is 36.5 Å². The van der Waals surface area contributed by atoms with E-state index in [9.17, 15) is 17.3 Å². The van der Waals surface area contributed by atoms with Crippen molar-refractivity contribution in [1.29, 1.82) is 0 Å². The normalized spacial score (nSPS) is 9.40. The van der Waals surface area contributed by atoms with Crippen LogP contribution in [0.15, 0.2) is 30.8 Å². The number of rotatable bonds is 1. The van der Waals surface area contributed by atoms with Crippen molar-refractivity contribution in [3.63, 3.8) is 0 Å². The lowest BCUT2D eigenvalue weighted by atomic mass is 10.2. The maximum atomic E-state index is 9.75. The van der Waals surface area contributed by atoms with Crippen molar-refractivity contribution in [2.24, 2.45) is 0 Å². The Hall–Kier alpha value is -1.30. The SMILES string of the molecule is F[B-](F)(F)F.[CH2]c1ccc(C=C)cc1.[NH4+]. The van der Waals surface area contributed by atoms with Crippen molar-refractivity contribution in [3.05, 3.63) is 48.9 Å². The summed E-state index contributed by atoms with van der Waals surface area (Å²) in [4.78, 5) is 0. The van der Waals surface area contributed by atoms with Crippen LogP contribution in [-0.4, -0.2) is 7.25 Å². The van der Waals surface area contributed by atoms with Crippen molar-refractivity contribution >= 4 is 13.3 Å². The van der Waals surface area contributed by atoms with E-state index in [1.165, 1.54) is 0 Å². The summed E-state index contributed by atoms with van der Waals surface area (Å²) in [6, 6.07) is 7.93. The summed E-state index contributed by atoms with van der Waals surface area (Å²) in [6.07, 6.45) is 1.82. The molecule has 0 spiro atoms. The molecule has 0 aliphatic heterocycles. The minimum absolute atomic E-state index is 0. The Labute approximate surface area is 86.5 Å². The van der Waals surface area contributed by atoms with Crippen LogP contribution < -0.4 is 6.15 Å². The summed E-state index contributed by atoms with van der Waals surface area (Å²) in [6.45, 7) is 7.40. The standard InChI is InChI=1S/C9H9.BF4.H3N/c1-3-9-6-4-8(2)5-7-9;2-1(3,4)5;/h3-7H,1-2H2;;1H3/q;-1;/p+1. The van der Waals surface area contributed by atoms with Crippen LogP contribution in [0.5, 0.6) is 0 Å². The number of hydrogen-bond acceptors (Lipinski definition) is 0. The van der Waals surface area contributed by atoms with Gasteiger partial charge in [-0.3, -0.25) is 0 Å². The first-order chi connectivity index (χ1) is 6.33. The molecule has 1 aromatic carbocycles. The van der Waals surface area contributed by atoms with Crippen LogP contribution in [0.4, 0.5) is 17.3 Å². The first-order valence-electron chi connectivity index (χ1n) is 3.74. The van der Waals surface area contributed by atoms with Crippen LogP contribution in [0.3, 0.4) is 0 Å². The molecule has 85 valence electrons. The first-order valence-corrected chi connectivity index (χ1v) is 3.74. The van der Waals surface area contributed by atoms with Crippen LogP contribution in [0, 0.1) is 6.92 Å². The van der Waals surface area contributed by atoms with E-state index >= 15 is 0 Å². The van der Waals surface area contributed by atoms with Crippen molar-refractivity contribution in [2.45, 2.75) is 0 Å². The van der Waals surface area contributed by atoms with Crippen LogP contribution in [0.2, 0.25) is 0 Å².